The van der Waals surface area contributed by atoms with E-state index in [9.17, 15) is 18.0 Å². The van der Waals surface area contributed by atoms with E-state index in [0.717, 1.165) is 28.3 Å². The Morgan fingerprint density at radius 3 is 2.20 bits per heavy atom. The van der Waals surface area contributed by atoms with Gasteiger partial charge in [-0.2, -0.15) is 0 Å². The largest absolute Gasteiger partial charge is 0.354 e. The lowest BCUT2D eigenvalue weighted by Gasteiger charge is -2.34. The van der Waals surface area contributed by atoms with Crippen LogP contribution in [0, 0.1) is 6.92 Å². The van der Waals surface area contributed by atoms with Crippen LogP contribution in [0.1, 0.15) is 36.5 Å². The Kier molecular flexibility index (Phi) is 12.5. The van der Waals surface area contributed by atoms with Crippen LogP contribution in [0.3, 0.4) is 0 Å². The summed E-state index contributed by atoms with van der Waals surface area (Å²) in [6.45, 7) is 3.63. The molecule has 0 bridgehead atoms. The van der Waals surface area contributed by atoms with Gasteiger partial charge in [-0.1, -0.05) is 108 Å². The molecule has 7 nitrogen and oxygen atoms in total. The number of sulfonamides is 1. The van der Waals surface area contributed by atoms with Crippen molar-refractivity contribution in [2.75, 3.05) is 17.4 Å². The normalized spacial score (nSPS) is 11.9. The number of nitrogens with zero attached hydrogens (tertiary/aromatic N) is 2. The van der Waals surface area contributed by atoms with Gasteiger partial charge in [0.15, 0.2) is 0 Å². The molecule has 0 spiro atoms. The predicted octanol–water partition coefficient (Wildman–Crippen LogP) is 7.71. The minimum atomic E-state index is -4.24. The summed E-state index contributed by atoms with van der Waals surface area (Å²) in [5, 5.41) is 4.00. The standard InChI is InChI=1S/C35H36Cl3N3O4S/c1-3-4-19-39-35(43)33(20-26-9-6-5-7-10-26)40(23-27-15-16-29(37)22-32(27)38)34(42)24-41(30-12-8-11-28(36)21-30)46(44,45)31-17-13-25(2)14-18-31/h5-18,21-22,33H,3-4,19-20,23-24H2,1-2H3,(H,39,43)/t33-/m1/s1. The number of hydrogen-bond acceptors (Lipinski definition) is 4. The highest BCUT2D eigenvalue weighted by Crippen LogP contribution is 2.28. The van der Waals surface area contributed by atoms with Gasteiger partial charge in [-0.3, -0.25) is 13.9 Å². The second-order valence-corrected chi connectivity index (χ2v) is 14.1. The highest BCUT2D eigenvalue weighted by Gasteiger charge is 2.35. The first-order chi connectivity index (χ1) is 22.0. The summed E-state index contributed by atoms with van der Waals surface area (Å²) in [5.74, 6) is -0.959. The summed E-state index contributed by atoms with van der Waals surface area (Å²) < 4.78 is 29.3. The maximum absolute atomic E-state index is 14.5. The first-order valence-electron chi connectivity index (χ1n) is 14.9. The van der Waals surface area contributed by atoms with Crippen molar-refractivity contribution in [1.29, 1.82) is 0 Å². The second kappa shape index (κ2) is 16.3. The van der Waals surface area contributed by atoms with E-state index in [1.54, 1.807) is 48.5 Å². The van der Waals surface area contributed by atoms with E-state index < -0.39 is 28.5 Å². The van der Waals surface area contributed by atoms with Gasteiger partial charge in [0, 0.05) is 34.6 Å². The molecule has 11 heteroatoms. The van der Waals surface area contributed by atoms with Gasteiger partial charge in [0.2, 0.25) is 11.8 Å². The van der Waals surface area contributed by atoms with Crippen molar-refractivity contribution in [3.05, 3.63) is 129 Å². The molecule has 0 fully saturated rings. The molecule has 46 heavy (non-hydrogen) atoms. The first kappa shape index (κ1) is 35.3. The van der Waals surface area contributed by atoms with E-state index in [-0.39, 0.29) is 29.5 Å². The average Bonchev–Trinajstić information content (AvgIpc) is 3.03. The average molecular weight is 701 g/mol. The van der Waals surface area contributed by atoms with Crippen molar-refractivity contribution < 1.29 is 18.0 Å². The Morgan fingerprint density at radius 2 is 1.54 bits per heavy atom. The lowest BCUT2D eigenvalue weighted by molar-refractivity contribution is -0.140. The molecule has 4 rings (SSSR count). The third kappa shape index (κ3) is 9.26. The maximum atomic E-state index is 14.5. The van der Waals surface area contributed by atoms with Crippen molar-refractivity contribution in [3.63, 3.8) is 0 Å². The van der Waals surface area contributed by atoms with Crippen LogP contribution < -0.4 is 9.62 Å². The maximum Gasteiger partial charge on any atom is 0.264 e. The number of hydrogen-bond donors (Lipinski definition) is 1. The van der Waals surface area contributed by atoms with E-state index in [4.69, 9.17) is 34.8 Å². The number of anilines is 1. The van der Waals surface area contributed by atoms with Crippen molar-refractivity contribution in [3.8, 4) is 0 Å². The fourth-order valence-electron chi connectivity index (χ4n) is 4.89. The summed E-state index contributed by atoms with van der Waals surface area (Å²) in [5.41, 5.74) is 2.47. The number of rotatable bonds is 14. The van der Waals surface area contributed by atoms with Crippen molar-refractivity contribution in [2.45, 2.75) is 50.6 Å². The minimum absolute atomic E-state index is 0.0105. The van der Waals surface area contributed by atoms with Gasteiger partial charge < -0.3 is 10.2 Å². The molecule has 0 aliphatic carbocycles. The summed E-state index contributed by atoms with van der Waals surface area (Å²) in [4.78, 5) is 29.8. The summed E-state index contributed by atoms with van der Waals surface area (Å²) in [7, 11) is -4.24. The second-order valence-electron chi connectivity index (χ2n) is 10.9. The van der Waals surface area contributed by atoms with E-state index in [0.29, 0.717) is 27.2 Å². The molecule has 0 unspecified atom stereocenters. The smallest absolute Gasteiger partial charge is 0.264 e. The molecule has 4 aromatic rings. The zero-order valence-electron chi connectivity index (χ0n) is 25.6. The topological polar surface area (TPSA) is 86.8 Å². The van der Waals surface area contributed by atoms with E-state index in [1.807, 2.05) is 44.2 Å². The number of carbonyl (C=O) groups excluding carboxylic acids is 2. The highest BCUT2D eigenvalue weighted by molar-refractivity contribution is 7.92. The minimum Gasteiger partial charge on any atom is -0.354 e. The molecule has 0 saturated carbocycles. The molecule has 0 aromatic heterocycles. The van der Waals surface area contributed by atoms with E-state index in [1.165, 1.54) is 23.1 Å². The van der Waals surface area contributed by atoms with Gasteiger partial charge in [0.1, 0.15) is 12.6 Å². The lowest BCUT2D eigenvalue weighted by Crippen LogP contribution is -2.53. The van der Waals surface area contributed by atoms with Crippen molar-refractivity contribution in [2.24, 2.45) is 0 Å². The number of nitrogens with one attached hydrogen (secondary N) is 1. The lowest BCUT2D eigenvalue weighted by atomic mass is 10.0. The number of unbranched alkanes of at least 4 members (excludes halogenated alkanes) is 1. The van der Waals surface area contributed by atoms with Crippen LogP contribution in [0.2, 0.25) is 15.1 Å². The van der Waals surface area contributed by atoms with Crippen LogP contribution in [0.4, 0.5) is 5.69 Å². The molecule has 0 aliphatic heterocycles. The van der Waals surface area contributed by atoms with Gasteiger partial charge in [-0.25, -0.2) is 8.42 Å². The van der Waals surface area contributed by atoms with E-state index >= 15 is 0 Å². The number of amides is 2. The Balaban J connectivity index is 1.81. The van der Waals surface area contributed by atoms with Gasteiger partial charge in [0.05, 0.1) is 10.6 Å². The van der Waals surface area contributed by atoms with Crippen LogP contribution in [0.5, 0.6) is 0 Å². The summed E-state index contributed by atoms with van der Waals surface area (Å²) in [6.07, 6.45) is 1.83. The SMILES string of the molecule is CCCCNC(=O)[C@@H](Cc1ccccc1)N(Cc1ccc(Cl)cc1Cl)C(=O)CN(c1cccc(Cl)c1)S(=O)(=O)c1ccc(C)cc1. The molecule has 242 valence electrons. The van der Waals surface area contributed by atoms with Crippen LogP contribution in [-0.4, -0.2) is 44.3 Å². The van der Waals surface area contributed by atoms with Crippen LogP contribution in [0.15, 0.2) is 102 Å². The van der Waals surface area contributed by atoms with Gasteiger partial charge in [0.25, 0.3) is 10.0 Å². The molecule has 1 N–H and O–H groups in total. The molecule has 0 aliphatic rings. The van der Waals surface area contributed by atoms with Crippen LogP contribution in [0.25, 0.3) is 0 Å². The fraction of sp³-hybridized carbons (Fsp3) is 0.257. The number of halogens is 3. The number of aryl methyl sites for hydroxylation is 1. The summed E-state index contributed by atoms with van der Waals surface area (Å²) >= 11 is 19.0. The molecule has 2 amide bonds. The van der Waals surface area contributed by atoms with Crippen molar-refractivity contribution >= 4 is 62.3 Å². The molecule has 1 atom stereocenters. The first-order valence-corrected chi connectivity index (χ1v) is 17.5. The summed E-state index contributed by atoms with van der Waals surface area (Å²) in [6, 6.07) is 25.9. The highest BCUT2D eigenvalue weighted by atomic mass is 35.5. The fourth-order valence-corrected chi connectivity index (χ4v) is 6.95. The number of carbonyl (C=O) groups is 2. The third-order valence-corrected chi connectivity index (χ3v) is 10.1. The van der Waals surface area contributed by atoms with Gasteiger partial charge in [-0.15, -0.1) is 0 Å². The Hall–Kier alpha value is -3.56. The Labute approximate surface area is 286 Å². The monoisotopic (exact) mass is 699 g/mol. The van der Waals surface area contributed by atoms with E-state index in [2.05, 4.69) is 5.32 Å². The molecular weight excluding hydrogens is 665 g/mol. The van der Waals surface area contributed by atoms with Gasteiger partial charge >= 0.3 is 0 Å². The molecule has 0 heterocycles. The zero-order chi connectivity index (χ0) is 33.3. The quantitative estimate of drug-likeness (QED) is 0.137. The zero-order valence-corrected chi connectivity index (χ0v) is 28.7. The molecule has 4 aromatic carbocycles. The number of benzene rings is 4. The van der Waals surface area contributed by atoms with Crippen LogP contribution in [-0.2, 0) is 32.6 Å². The Morgan fingerprint density at radius 1 is 0.848 bits per heavy atom. The molecular formula is C35H36Cl3N3O4S. The van der Waals surface area contributed by atoms with Crippen LogP contribution >= 0.6 is 34.8 Å². The predicted molar refractivity (Wildman–Crippen MR) is 186 cm³/mol. The van der Waals surface area contributed by atoms with Crippen molar-refractivity contribution in [1.82, 2.24) is 10.2 Å². The third-order valence-electron chi connectivity index (χ3n) is 7.44. The molecule has 0 saturated heterocycles. The molecule has 0 radical (unpaired) electrons. The van der Waals surface area contributed by atoms with Gasteiger partial charge in [-0.05, 0) is 66.9 Å². The Bertz CT molecular complexity index is 1750.